The van der Waals surface area contributed by atoms with Crippen LogP contribution in [0.2, 0.25) is 5.02 Å². The number of halogens is 4. The minimum absolute atomic E-state index is 0.0281. The molecule has 114 valence electrons. The maximum Gasteiger partial charge on any atom is 0.390 e. The van der Waals surface area contributed by atoms with Crippen LogP contribution in [0.1, 0.15) is 18.9 Å². The van der Waals surface area contributed by atoms with Gasteiger partial charge in [-0.25, -0.2) is 13.1 Å². The first-order chi connectivity index (χ1) is 9.05. The Morgan fingerprint density at radius 1 is 1.40 bits per heavy atom. The lowest BCUT2D eigenvalue weighted by Gasteiger charge is -2.16. The fourth-order valence-electron chi connectivity index (χ4n) is 1.60. The molecule has 9 heteroatoms. The third-order valence-corrected chi connectivity index (χ3v) is 4.40. The molecule has 1 atom stereocenters. The number of benzene rings is 1. The molecule has 0 aliphatic carbocycles. The van der Waals surface area contributed by atoms with Gasteiger partial charge in [-0.1, -0.05) is 11.6 Å². The van der Waals surface area contributed by atoms with Crippen LogP contribution in [0.25, 0.3) is 0 Å². The van der Waals surface area contributed by atoms with Gasteiger partial charge in [0.2, 0.25) is 10.0 Å². The Labute approximate surface area is 120 Å². The average molecular weight is 331 g/mol. The number of alkyl halides is 3. The van der Waals surface area contributed by atoms with Gasteiger partial charge in [0.1, 0.15) is 0 Å². The maximum atomic E-state index is 12.2. The van der Waals surface area contributed by atoms with E-state index in [-0.39, 0.29) is 11.4 Å². The number of rotatable bonds is 5. The van der Waals surface area contributed by atoms with E-state index >= 15 is 0 Å². The molecule has 3 N–H and O–H groups in total. The second-order valence-electron chi connectivity index (χ2n) is 4.30. The first-order valence-electron chi connectivity index (χ1n) is 5.63. The molecule has 1 aromatic carbocycles. The van der Waals surface area contributed by atoms with Gasteiger partial charge < -0.3 is 5.73 Å². The van der Waals surface area contributed by atoms with Gasteiger partial charge >= 0.3 is 6.18 Å². The molecule has 0 aliphatic heterocycles. The first-order valence-corrected chi connectivity index (χ1v) is 7.49. The number of hydrogen-bond donors (Lipinski definition) is 2. The maximum absolute atomic E-state index is 12.2. The van der Waals surface area contributed by atoms with Crippen LogP contribution in [-0.4, -0.2) is 20.6 Å². The molecule has 0 amide bonds. The highest BCUT2D eigenvalue weighted by atomic mass is 35.5. The molecule has 0 saturated carbocycles. The molecule has 0 aromatic heterocycles. The van der Waals surface area contributed by atoms with Gasteiger partial charge in [0.05, 0.1) is 11.3 Å². The summed E-state index contributed by atoms with van der Waals surface area (Å²) >= 11 is 5.80. The van der Waals surface area contributed by atoms with E-state index in [0.29, 0.717) is 10.6 Å². The van der Waals surface area contributed by atoms with Crippen LogP contribution in [0, 0.1) is 0 Å². The minimum Gasteiger partial charge on any atom is -0.326 e. The number of nitrogens with two attached hydrogens (primary N) is 1. The fraction of sp³-hybridized carbons (Fsp3) is 0.455. The standard InChI is InChI=1S/C11H14ClF3N2O2S/c1-7(5-11(13,14)15)17-20(18,19)9-2-3-10(12)8(4-9)6-16/h2-4,7,17H,5-6,16H2,1H3. The monoisotopic (exact) mass is 330 g/mol. The van der Waals surface area contributed by atoms with Crippen LogP contribution in [0.3, 0.4) is 0 Å². The molecule has 0 aliphatic rings. The molecule has 20 heavy (non-hydrogen) atoms. The highest BCUT2D eigenvalue weighted by Gasteiger charge is 2.32. The van der Waals surface area contributed by atoms with Gasteiger partial charge in [-0.05, 0) is 30.7 Å². The van der Waals surface area contributed by atoms with E-state index in [2.05, 4.69) is 0 Å². The van der Waals surface area contributed by atoms with Crippen LogP contribution >= 0.6 is 11.6 Å². The van der Waals surface area contributed by atoms with Crippen molar-refractivity contribution in [3.8, 4) is 0 Å². The molecular weight excluding hydrogens is 317 g/mol. The van der Waals surface area contributed by atoms with Crippen molar-refractivity contribution in [2.24, 2.45) is 5.73 Å². The Balaban J connectivity index is 2.94. The topological polar surface area (TPSA) is 72.2 Å². The summed E-state index contributed by atoms with van der Waals surface area (Å²) in [7, 11) is -4.05. The predicted molar refractivity (Wildman–Crippen MR) is 69.8 cm³/mol. The summed E-state index contributed by atoms with van der Waals surface area (Å²) in [4.78, 5) is -0.170. The number of nitrogens with one attached hydrogen (secondary N) is 1. The van der Waals surface area contributed by atoms with Crippen molar-refractivity contribution in [3.05, 3.63) is 28.8 Å². The number of sulfonamides is 1. The van der Waals surface area contributed by atoms with Crippen molar-refractivity contribution < 1.29 is 21.6 Å². The molecule has 0 radical (unpaired) electrons. The van der Waals surface area contributed by atoms with Crippen molar-refractivity contribution in [3.63, 3.8) is 0 Å². The molecule has 0 heterocycles. The van der Waals surface area contributed by atoms with E-state index in [9.17, 15) is 21.6 Å². The summed E-state index contributed by atoms with van der Waals surface area (Å²) < 4.78 is 62.4. The zero-order valence-electron chi connectivity index (χ0n) is 10.5. The van der Waals surface area contributed by atoms with Gasteiger partial charge in [-0.3, -0.25) is 0 Å². The fourth-order valence-corrected chi connectivity index (χ4v) is 3.08. The van der Waals surface area contributed by atoms with E-state index in [1.807, 2.05) is 4.72 Å². The summed E-state index contributed by atoms with van der Waals surface area (Å²) in [5.41, 5.74) is 5.80. The molecule has 0 saturated heterocycles. The Morgan fingerprint density at radius 3 is 2.50 bits per heavy atom. The molecule has 0 spiro atoms. The lowest BCUT2D eigenvalue weighted by molar-refractivity contribution is -0.137. The van der Waals surface area contributed by atoms with Crippen molar-refractivity contribution in [1.29, 1.82) is 0 Å². The zero-order valence-corrected chi connectivity index (χ0v) is 12.1. The van der Waals surface area contributed by atoms with Crippen molar-refractivity contribution in [2.75, 3.05) is 0 Å². The SMILES string of the molecule is CC(CC(F)(F)F)NS(=O)(=O)c1ccc(Cl)c(CN)c1. The zero-order chi connectivity index (χ0) is 15.6. The Kier molecular flexibility index (Phi) is 5.42. The average Bonchev–Trinajstić information content (AvgIpc) is 2.25. The summed E-state index contributed by atoms with van der Waals surface area (Å²) in [5, 5.41) is 0.301. The van der Waals surface area contributed by atoms with Gasteiger partial charge in [-0.2, -0.15) is 13.2 Å². The molecule has 1 rings (SSSR count). The normalized spacial score (nSPS) is 14.3. The molecule has 1 unspecified atom stereocenters. The van der Waals surface area contributed by atoms with Gasteiger partial charge in [-0.15, -0.1) is 0 Å². The second-order valence-corrected chi connectivity index (χ2v) is 6.42. The Hall–Kier alpha value is -0.830. The van der Waals surface area contributed by atoms with E-state index < -0.39 is 28.7 Å². The van der Waals surface area contributed by atoms with Crippen LogP contribution in [0.5, 0.6) is 0 Å². The van der Waals surface area contributed by atoms with Crippen molar-refractivity contribution in [2.45, 2.75) is 37.0 Å². The van der Waals surface area contributed by atoms with Gasteiger partial charge in [0.15, 0.2) is 0 Å². The Morgan fingerprint density at radius 2 is 2.00 bits per heavy atom. The minimum atomic E-state index is -4.44. The van der Waals surface area contributed by atoms with Crippen LogP contribution < -0.4 is 10.5 Å². The van der Waals surface area contributed by atoms with E-state index in [1.54, 1.807) is 0 Å². The molecule has 1 aromatic rings. The third-order valence-electron chi connectivity index (χ3n) is 2.44. The summed E-state index contributed by atoms with van der Waals surface area (Å²) in [5.74, 6) is 0. The highest BCUT2D eigenvalue weighted by molar-refractivity contribution is 7.89. The van der Waals surface area contributed by atoms with Crippen LogP contribution in [-0.2, 0) is 16.6 Å². The van der Waals surface area contributed by atoms with Crippen LogP contribution in [0.4, 0.5) is 13.2 Å². The first kappa shape index (κ1) is 17.2. The predicted octanol–water partition coefficient (Wildman–Crippen LogP) is 2.42. The van der Waals surface area contributed by atoms with Crippen LogP contribution in [0.15, 0.2) is 23.1 Å². The summed E-state index contributed by atoms with van der Waals surface area (Å²) in [6.07, 6.45) is -5.69. The van der Waals surface area contributed by atoms with E-state index in [0.717, 1.165) is 6.92 Å². The van der Waals surface area contributed by atoms with Gasteiger partial charge in [0.25, 0.3) is 0 Å². The van der Waals surface area contributed by atoms with Crippen molar-refractivity contribution >= 4 is 21.6 Å². The van der Waals surface area contributed by atoms with Crippen molar-refractivity contribution in [1.82, 2.24) is 4.72 Å². The summed E-state index contributed by atoms with van der Waals surface area (Å²) in [6.45, 7) is 1.17. The van der Waals surface area contributed by atoms with E-state index in [4.69, 9.17) is 17.3 Å². The van der Waals surface area contributed by atoms with Gasteiger partial charge in [0, 0.05) is 17.6 Å². The largest absolute Gasteiger partial charge is 0.390 e. The van der Waals surface area contributed by atoms with E-state index in [1.165, 1.54) is 18.2 Å². The molecule has 4 nitrogen and oxygen atoms in total. The molecule has 0 fully saturated rings. The number of hydrogen-bond acceptors (Lipinski definition) is 3. The highest BCUT2D eigenvalue weighted by Crippen LogP contribution is 2.23. The lowest BCUT2D eigenvalue weighted by Crippen LogP contribution is -2.36. The second kappa shape index (κ2) is 6.30. The molecular formula is C11H14ClF3N2O2S. The Bertz CT molecular complexity index is 576. The molecule has 0 bridgehead atoms. The summed E-state index contributed by atoms with van der Waals surface area (Å²) in [6, 6.07) is 2.53. The quantitative estimate of drug-likeness (QED) is 0.871. The lowest BCUT2D eigenvalue weighted by atomic mass is 10.2. The smallest absolute Gasteiger partial charge is 0.326 e. The third kappa shape index (κ3) is 4.93.